The summed E-state index contributed by atoms with van der Waals surface area (Å²) in [4.78, 5) is 26.7. The largest absolute Gasteiger partial charge is 0.368 e. The molecule has 0 aliphatic heterocycles. The van der Waals surface area contributed by atoms with E-state index >= 15 is 0 Å². The van der Waals surface area contributed by atoms with Gasteiger partial charge < -0.3 is 20.5 Å². The van der Waals surface area contributed by atoms with E-state index in [1.165, 1.54) is 0 Å². The van der Waals surface area contributed by atoms with Crippen LogP contribution in [-0.2, 0) is 0 Å². The number of aryl methyl sites for hydroxylation is 2. The summed E-state index contributed by atoms with van der Waals surface area (Å²) in [7, 11) is 3.79. The fraction of sp³-hybridized carbons (Fsp3) is 0.400. The maximum Gasteiger partial charge on any atom is 0.265 e. The molecule has 0 aliphatic carbocycles. The Morgan fingerprint density at radius 1 is 1.28 bits per heavy atom. The minimum absolute atomic E-state index is 0.159. The molecule has 0 unspecified atom stereocenters. The predicted octanol–water partition coefficient (Wildman–Crippen LogP) is 1.33. The van der Waals surface area contributed by atoms with Crippen LogP contribution in [0.1, 0.15) is 21.1 Å². The van der Waals surface area contributed by atoms with Gasteiger partial charge in [-0.2, -0.15) is 9.97 Å². The number of aromatic nitrogens is 5. The average Bonchev–Trinajstić information content (AvgIpc) is 3.15. The Labute approximate surface area is 149 Å². The maximum atomic E-state index is 12.1. The van der Waals surface area contributed by atoms with Gasteiger partial charge in [-0.05, 0) is 31.4 Å². The molecule has 3 heterocycles. The maximum absolute atomic E-state index is 12.1. The third-order valence-corrected chi connectivity index (χ3v) is 4.40. The number of H-pyrrole nitrogens is 1. The van der Waals surface area contributed by atoms with E-state index in [2.05, 4.69) is 35.2 Å². The van der Waals surface area contributed by atoms with Crippen LogP contribution in [0, 0.1) is 13.8 Å². The summed E-state index contributed by atoms with van der Waals surface area (Å²) in [6.07, 6.45) is 0. The third kappa shape index (κ3) is 3.68. The number of amides is 1. The van der Waals surface area contributed by atoms with Gasteiger partial charge >= 0.3 is 0 Å². The molecule has 9 nitrogen and oxygen atoms in total. The molecule has 0 atom stereocenters. The van der Waals surface area contributed by atoms with Crippen molar-refractivity contribution in [2.45, 2.75) is 13.8 Å². The normalized spacial score (nSPS) is 10.9. The summed E-state index contributed by atoms with van der Waals surface area (Å²) in [5, 5.41) is 10.9. The predicted molar refractivity (Wildman–Crippen MR) is 98.4 cm³/mol. The van der Waals surface area contributed by atoms with Gasteiger partial charge in [0.15, 0.2) is 0 Å². The van der Waals surface area contributed by atoms with Crippen molar-refractivity contribution in [1.82, 2.24) is 29.9 Å². The van der Waals surface area contributed by atoms with Gasteiger partial charge in [-0.1, -0.05) is 4.49 Å². The molecule has 0 spiro atoms. The molecule has 25 heavy (non-hydrogen) atoms. The molecule has 132 valence electrons. The molecule has 3 rings (SSSR count). The van der Waals surface area contributed by atoms with E-state index in [-0.39, 0.29) is 5.91 Å². The second kappa shape index (κ2) is 7.01. The molecule has 1 amide bonds. The zero-order chi connectivity index (χ0) is 18.0. The fourth-order valence-electron chi connectivity index (χ4n) is 2.34. The molecule has 3 aromatic rings. The minimum atomic E-state index is -0.159. The van der Waals surface area contributed by atoms with Crippen molar-refractivity contribution in [1.29, 1.82) is 0 Å². The van der Waals surface area contributed by atoms with Crippen LogP contribution in [0.25, 0.3) is 11.0 Å². The third-order valence-electron chi connectivity index (χ3n) is 3.57. The van der Waals surface area contributed by atoms with E-state index in [9.17, 15) is 4.79 Å². The van der Waals surface area contributed by atoms with Gasteiger partial charge in [0.05, 0.1) is 11.1 Å². The van der Waals surface area contributed by atoms with Gasteiger partial charge in [0.2, 0.25) is 5.95 Å². The zero-order valence-corrected chi connectivity index (χ0v) is 15.4. The van der Waals surface area contributed by atoms with Crippen molar-refractivity contribution >= 4 is 40.2 Å². The highest BCUT2D eigenvalue weighted by molar-refractivity contribution is 7.07. The van der Waals surface area contributed by atoms with Crippen LogP contribution in [-0.4, -0.2) is 57.6 Å². The first-order valence-corrected chi connectivity index (χ1v) is 8.58. The highest BCUT2D eigenvalue weighted by atomic mass is 32.1. The van der Waals surface area contributed by atoms with E-state index in [0.717, 1.165) is 34.1 Å². The van der Waals surface area contributed by atoms with Gasteiger partial charge in [-0.3, -0.25) is 4.79 Å². The molecule has 0 radical (unpaired) electrons. The first-order chi connectivity index (χ1) is 12.0. The fourth-order valence-corrected chi connectivity index (χ4v) is 2.91. The molecule has 10 heteroatoms. The lowest BCUT2D eigenvalue weighted by atomic mass is 10.3. The highest BCUT2D eigenvalue weighted by Crippen LogP contribution is 2.23. The Balaban J connectivity index is 1.66. The zero-order valence-electron chi connectivity index (χ0n) is 14.5. The Kier molecular flexibility index (Phi) is 4.79. The molecule has 0 aliphatic rings. The lowest BCUT2D eigenvalue weighted by molar-refractivity contribution is 0.0958. The number of nitrogens with one attached hydrogen (secondary N) is 3. The first-order valence-electron chi connectivity index (χ1n) is 7.81. The quantitative estimate of drug-likeness (QED) is 0.569. The van der Waals surface area contributed by atoms with E-state index in [1.807, 2.05) is 32.0 Å². The highest BCUT2D eigenvalue weighted by Gasteiger charge is 2.13. The van der Waals surface area contributed by atoms with E-state index in [1.54, 1.807) is 6.92 Å². The lowest BCUT2D eigenvalue weighted by Crippen LogP contribution is -2.29. The van der Waals surface area contributed by atoms with Crippen molar-refractivity contribution in [3.8, 4) is 0 Å². The van der Waals surface area contributed by atoms with Crippen molar-refractivity contribution in [2.75, 3.05) is 37.4 Å². The molecule has 0 fully saturated rings. The Morgan fingerprint density at radius 2 is 2.08 bits per heavy atom. The van der Waals surface area contributed by atoms with E-state index in [4.69, 9.17) is 0 Å². The molecule has 0 saturated carbocycles. The second-order valence-electron chi connectivity index (χ2n) is 5.85. The van der Waals surface area contributed by atoms with Gasteiger partial charge in [0.1, 0.15) is 16.3 Å². The van der Waals surface area contributed by atoms with Crippen LogP contribution in [0.15, 0.2) is 6.07 Å². The Bertz CT molecular complexity index is 900. The van der Waals surface area contributed by atoms with Gasteiger partial charge in [-0.15, -0.1) is 5.10 Å². The summed E-state index contributed by atoms with van der Waals surface area (Å²) < 4.78 is 3.77. The summed E-state index contributed by atoms with van der Waals surface area (Å²) >= 11 is 1.10. The second-order valence-corrected chi connectivity index (χ2v) is 6.61. The lowest BCUT2D eigenvalue weighted by Gasteiger charge is -2.13. The first kappa shape index (κ1) is 17.1. The Hall–Kier alpha value is -2.75. The van der Waals surface area contributed by atoms with Crippen LogP contribution in [0.2, 0.25) is 0 Å². The standard InChI is InChI=1S/C15H20N8OS/c1-8-7-10-12(19-15(23(3)4)20-13(10)18-8)16-5-6-17-14(24)11-9(2)21-22-25-11/h7H,5-6H2,1-4H3,(H,17,24)(H2,16,18,19,20). The molecule has 0 saturated heterocycles. The summed E-state index contributed by atoms with van der Waals surface area (Å²) in [6, 6.07) is 2.00. The van der Waals surface area contributed by atoms with Gasteiger partial charge in [0.25, 0.3) is 5.91 Å². The molecular formula is C15H20N8OS. The summed E-state index contributed by atoms with van der Waals surface area (Å²) in [6.45, 7) is 4.75. The number of aromatic amines is 1. The van der Waals surface area contributed by atoms with Crippen molar-refractivity contribution in [3.05, 3.63) is 22.3 Å². The van der Waals surface area contributed by atoms with Crippen LogP contribution in [0.3, 0.4) is 0 Å². The number of carbonyl (C=O) groups excluding carboxylic acids is 1. The number of hydrogen-bond donors (Lipinski definition) is 3. The van der Waals surface area contributed by atoms with Crippen LogP contribution in [0.4, 0.5) is 11.8 Å². The molecule has 0 bridgehead atoms. The van der Waals surface area contributed by atoms with Gasteiger partial charge in [-0.25, -0.2) is 0 Å². The average molecular weight is 360 g/mol. The van der Waals surface area contributed by atoms with Crippen LogP contribution in [0.5, 0.6) is 0 Å². The molecule has 3 aromatic heterocycles. The SMILES string of the molecule is Cc1cc2c(NCCNC(=O)c3snnc3C)nc(N(C)C)nc2[nH]1. The molecular weight excluding hydrogens is 340 g/mol. The molecule has 0 aromatic carbocycles. The monoisotopic (exact) mass is 360 g/mol. The van der Waals surface area contributed by atoms with Crippen molar-refractivity contribution in [2.24, 2.45) is 0 Å². The summed E-state index contributed by atoms with van der Waals surface area (Å²) in [5.41, 5.74) is 2.45. The van der Waals surface area contributed by atoms with Crippen LogP contribution >= 0.6 is 11.5 Å². The number of rotatable bonds is 6. The molecule has 3 N–H and O–H groups in total. The minimum Gasteiger partial charge on any atom is -0.368 e. The van der Waals surface area contributed by atoms with Crippen molar-refractivity contribution in [3.63, 3.8) is 0 Å². The number of fused-ring (bicyclic) bond motifs is 1. The van der Waals surface area contributed by atoms with Crippen molar-refractivity contribution < 1.29 is 4.79 Å². The number of carbonyl (C=O) groups is 1. The van der Waals surface area contributed by atoms with E-state index in [0.29, 0.717) is 29.6 Å². The van der Waals surface area contributed by atoms with E-state index < -0.39 is 0 Å². The Morgan fingerprint density at radius 3 is 2.76 bits per heavy atom. The summed E-state index contributed by atoms with van der Waals surface area (Å²) in [5.74, 6) is 1.20. The number of anilines is 2. The smallest absolute Gasteiger partial charge is 0.265 e. The number of hydrogen-bond acceptors (Lipinski definition) is 8. The topological polar surface area (TPSA) is 112 Å². The van der Waals surface area contributed by atoms with Gasteiger partial charge in [0, 0.05) is 32.9 Å². The number of nitrogens with zero attached hydrogens (tertiary/aromatic N) is 5. The van der Waals surface area contributed by atoms with Crippen LogP contribution < -0.4 is 15.5 Å².